The van der Waals surface area contributed by atoms with Crippen LogP contribution in [0.5, 0.6) is 5.75 Å². The number of imide groups is 1. The summed E-state index contributed by atoms with van der Waals surface area (Å²) in [5, 5.41) is 27.4. The summed E-state index contributed by atoms with van der Waals surface area (Å²) >= 11 is 0. The zero-order valence-electron chi connectivity index (χ0n) is 36.3. The number of nitrogens with zero attached hydrogens (tertiary/aromatic N) is 6. The van der Waals surface area contributed by atoms with Gasteiger partial charge in [-0.25, -0.2) is 18.4 Å². The molecule has 9 rings (SSSR count). The van der Waals surface area contributed by atoms with Crippen LogP contribution in [0.3, 0.4) is 0 Å². The first-order valence-corrected chi connectivity index (χ1v) is 21.9. The number of nitrogens with one attached hydrogen (secondary N) is 2. The van der Waals surface area contributed by atoms with Gasteiger partial charge in [0.15, 0.2) is 17.4 Å². The van der Waals surface area contributed by atoms with E-state index in [1.54, 1.807) is 11.6 Å². The number of alkyl halides is 3. The topological polar surface area (TPSA) is 193 Å². The van der Waals surface area contributed by atoms with Crippen molar-refractivity contribution in [3.63, 3.8) is 0 Å². The fourth-order valence-corrected chi connectivity index (χ4v) is 9.63. The van der Waals surface area contributed by atoms with E-state index < -0.39 is 58.8 Å². The average Bonchev–Trinajstić information content (AvgIpc) is 3.83. The van der Waals surface area contributed by atoms with Gasteiger partial charge in [0, 0.05) is 70.0 Å². The van der Waals surface area contributed by atoms with E-state index >= 15 is 0 Å². The number of fused-ring (bicyclic) bond motifs is 2. The molecule has 3 aliphatic heterocycles. The summed E-state index contributed by atoms with van der Waals surface area (Å²) in [6.07, 6.45) is 2.47. The smallest absolute Gasteiger partial charge is 0.490 e. The normalized spacial score (nSPS) is 21.3. The first-order chi connectivity index (χ1) is 31.8. The Balaban J connectivity index is 0.000000807. The maximum Gasteiger partial charge on any atom is 0.490 e. The molecule has 2 aromatic heterocycles. The van der Waals surface area contributed by atoms with E-state index in [0.717, 1.165) is 92.4 Å². The Morgan fingerprint density at radius 2 is 1.66 bits per heavy atom. The highest BCUT2D eigenvalue weighted by Gasteiger charge is 2.41. The number of rotatable bonds is 8. The van der Waals surface area contributed by atoms with Crippen LogP contribution in [0.15, 0.2) is 53.5 Å². The quantitative estimate of drug-likeness (QED) is 0.0878. The largest absolute Gasteiger partial charge is 0.503 e. The van der Waals surface area contributed by atoms with Gasteiger partial charge in [0.1, 0.15) is 6.04 Å². The Morgan fingerprint density at radius 1 is 0.940 bits per heavy atom. The second-order valence-corrected chi connectivity index (χ2v) is 17.7. The van der Waals surface area contributed by atoms with Crippen LogP contribution in [0.1, 0.15) is 79.4 Å². The van der Waals surface area contributed by atoms with E-state index in [0.29, 0.717) is 31.2 Å². The minimum atomic E-state index is -5.08. The number of morpholine rings is 1. The molecule has 3 amide bonds. The Morgan fingerprint density at radius 3 is 2.34 bits per heavy atom. The van der Waals surface area contributed by atoms with Crippen LogP contribution in [0.4, 0.5) is 32.0 Å². The van der Waals surface area contributed by atoms with Gasteiger partial charge in [-0.05, 0) is 92.8 Å². The molecule has 1 aliphatic carbocycles. The number of carboxylic acids is 1. The lowest BCUT2D eigenvalue weighted by molar-refractivity contribution is -0.192. The zero-order valence-corrected chi connectivity index (χ0v) is 36.3. The third kappa shape index (κ3) is 9.85. The van der Waals surface area contributed by atoms with Crippen molar-refractivity contribution in [3.05, 3.63) is 87.7 Å². The number of phenols is 1. The van der Waals surface area contributed by atoms with Gasteiger partial charge in [-0.2, -0.15) is 22.7 Å². The van der Waals surface area contributed by atoms with E-state index in [9.17, 15) is 50.6 Å². The number of carboxylic acid groups (broad SMARTS) is 1. The number of aromatic hydroxyl groups is 1. The van der Waals surface area contributed by atoms with E-state index in [1.807, 2.05) is 22.9 Å². The molecule has 5 heterocycles. The van der Waals surface area contributed by atoms with Crippen molar-refractivity contribution in [1.29, 1.82) is 0 Å². The molecular weight excluding hydrogens is 895 g/mol. The molecule has 4 fully saturated rings. The molecule has 1 atom stereocenters. The zero-order chi connectivity index (χ0) is 47.9. The molecule has 67 heavy (non-hydrogen) atoms. The van der Waals surface area contributed by atoms with Gasteiger partial charge in [0.05, 0.1) is 40.4 Å². The van der Waals surface area contributed by atoms with Gasteiger partial charge in [-0.3, -0.25) is 38.4 Å². The van der Waals surface area contributed by atoms with Crippen molar-refractivity contribution in [2.45, 2.75) is 81.8 Å². The number of piperidine rings is 2. The molecule has 358 valence electrons. The van der Waals surface area contributed by atoms with Crippen molar-refractivity contribution in [2.24, 2.45) is 13.0 Å². The molecule has 4 N–H and O–H groups in total. The number of amides is 3. The molecule has 16 nitrogen and oxygen atoms in total. The number of carbonyl (C=O) groups excluding carboxylic acids is 3. The first-order valence-electron chi connectivity index (χ1n) is 21.9. The summed E-state index contributed by atoms with van der Waals surface area (Å²) in [4.78, 5) is 63.8. The molecule has 0 radical (unpaired) electrons. The Hall–Kier alpha value is -6.42. The van der Waals surface area contributed by atoms with Crippen LogP contribution in [0.2, 0.25) is 0 Å². The highest BCUT2D eigenvalue weighted by molar-refractivity contribution is 6.00. The van der Waals surface area contributed by atoms with Crippen molar-refractivity contribution >= 4 is 51.3 Å². The molecule has 5 aromatic rings. The Bertz CT molecular complexity index is 2790. The monoisotopic (exact) mass is 942 g/mol. The Labute approximate surface area is 378 Å². The number of aryl methyl sites for hydroxylation is 1. The van der Waals surface area contributed by atoms with E-state index in [-0.39, 0.29) is 42.1 Å². The summed E-state index contributed by atoms with van der Waals surface area (Å²) in [6.45, 7) is 4.84. The molecule has 1 saturated carbocycles. The fourth-order valence-electron chi connectivity index (χ4n) is 9.63. The number of imidazole rings is 1. The predicted molar refractivity (Wildman–Crippen MR) is 229 cm³/mol. The molecule has 22 heteroatoms. The maximum atomic E-state index is 14.2. The molecule has 0 unspecified atom stereocenters. The number of halogens is 6. The number of benzene rings is 3. The van der Waals surface area contributed by atoms with Gasteiger partial charge < -0.3 is 25.2 Å². The van der Waals surface area contributed by atoms with Gasteiger partial charge in [-0.15, -0.1) is 0 Å². The van der Waals surface area contributed by atoms with Crippen LogP contribution >= 0.6 is 0 Å². The van der Waals surface area contributed by atoms with Crippen LogP contribution in [0, 0.1) is 23.4 Å². The summed E-state index contributed by atoms with van der Waals surface area (Å²) in [7, 11) is 1.71. The second-order valence-electron chi connectivity index (χ2n) is 17.7. The molecule has 4 aliphatic rings. The third-order valence-electron chi connectivity index (χ3n) is 13.3. The van der Waals surface area contributed by atoms with Crippen molar-refractivity contribution < 1.29 is 60.5 Å². The summed E-state index contributed by atoms with van der Waals surface area (Å²) < 4.78 is 85.0. The summed E-state index contributed by atoms with van der Waals surface area (Å²) in [5.41, 5.74) is 3.21. The number of anilines is 1. The number of carbonyl (C=O) groups is 4. The maximum absolute atomic E-state index is 14.2. The number of aliphatic carboxylic acids is 1. The number of aromatic nitrogens is 4. The SMILES string of the molecule is Cn1c(=O)n([C@@H]2CCC(=O)NC2=O)c2ccc(CN3CCOC4(CCN(c5ccc6cn(C7CCC(CNC(=O)c8cc(F)c(O)c(F)c8F)CC7)nc6c5)CC4)C3)cc21.O=C(O)C(F)(F)F. The number of ether oxygens (including phenoxy) is 1. The van der Waals surface area contributed by atoms with Crippen LogP contribution in [-0.4, -0.2) is 109 Å². The van der Waals surface area contributed by atoms with Crippen LogP contribution < -0.4 is 21.2 Å². The summed E-state index contributed by atoms with van der Waals surface area (Å²) in [5.74, 6) is -10.5. The lowest BCUT2D eigenvalue weighted by atomic mass is 9.86. The second kappa shape index (κ2) is 18.7. The molecule has 3 aromatic carbocycles. The predicted octanol–water partition coefficient (Wildman–Crippen LogP) is 5.46. The van der Waals surface area contributed by atoms with Gasteiger partial charge >= 0.3 is 17.8 Å². The summed E-state index contributed by atoms with van der Waals surface area (Å²) in [6, 6.07) is 12.3. The van der Waals surface area contributed by atoms with Crippen molar-refractivity contribution in [1.82, 2.24) is 34.4 Å². The third-order valence-corrected chi connectivity index (χ3v) is 13.3. The van der Waals surface area contributed by atoms with Crippen LogP contribution in [0.25, 0.3) is 21.9 Å². The van der Waals surface area contributed by atoms with Crippen molar-refractivity contribution in [2.75, 3.05) is 44.2 Å². The lowest BCUT2D eigenvalue weighted by Gasteiger charge is -2.48. The molecule has 1 spiro atoms. The minimum absolute atomic E-state index is 0.118. The van der Waals surface area contributed by atoms with Gasteiger partial charge in [0.25, 0.3) is 5.91 Å². The lowest BCUT2D eigenvalue weighted by Crippen LogP contribution is -2.56. The number of phenolic OH excluding ortho intramolecular Hbond substituents is 1. The molecular formula is C45H48F6N8O8. The van der Waals surface area contributed by atoms with Gasteiger partial charge in [-0.1, -0.05) is 6.07 Å². The Kier molecular flexibility index (Phi) is 13.1. The van der Waals surface area contributed by atoms with Gasteiger partial charge in [0.2, 0.25) is 17.6 Å². The highest BCUT2D eigenvalue weighted by atomic mass is 19.4. The van der Waals surface area contributed by atoms with Crippen LogP contribution in [-0.2, 0) is 32.7 Å². The minimum Gasteiger partial charge on any atom is -0.503 e. The molecule has 0 bridgehead atoms. The van der Waals surface area contributed by atoms with E-state index in [1.165, 1.54) is 4.57 Å². The standard InChI is InChI=1S/C43H47F3N8O6.C2HF3O2/c1-50-35-18-26(4-9-33(35)54(42(50)59)34-10-11-36(55)48-41(34)58)22-51-16-17-60-43(24-51)12-14-52(15-13-43)29-8-5-27-23-53(49-32(27)19-29)28-6-2-25(3-7-28)21-47-40(57)30-20-31(44)39(56)38(46)37(30)45;3-2(4,5)1(6)7/h4-5,8-9,18-20,23,25,28,34,56H,2-3,6-7,10-17,21-22,24H2,1H3,(H,47,57)(H,48,55,58);(H,6,7)/t25?,28?,34-;/m1./s1. The highest BCUT2D eigenvalue weighted by Crippen LogP contribution is 2.36. The molecule has 3 saturated heterocycles. The van der Waals surface area contributed by atoms with Crippen molar-refractivity contribution in [3.8, 4) is 5.75 Å². The number of hydrogen-bond donors (Lipinski definition) is 4. The number of hydrogen-bond acceptors (Lipinski definition) is 10. The average molecular weight is 943 g/mol. The fraction of sp³-hybridized carbons (Fsp3) is 0.467. The first kappa shape index (κ1) is 47.1. The van der Waals surface area contributed by atoms with E-state index in [4.69, 9.17) is 19.7 Å². The van der Waals surface area contributed by atoms with E-state index in [2.05, 4.69) is 44.8 Å².